The number of Topliss-reactive ketones (excluding diaryl/α,β-unsaturated/α-hetero) is 1. The summed E-state index contributed by atoms with van der Waals surface area (Å²) in [7, 11) is 3.23. The van der Waals surface area contributed by atoms with Gasteiger partial charge in [0.15, 0.2) is 11.5 Å². The lowest BCUT2D eigenvalue weighted by atomic mass is 9.66. The highest BCUT2D eigenvalue weighted by Gasteiger charge is 2.46. The molecule has 0 saturated heterocycles. The summed E-state index contributed by atoms with van der Waals surface area (Å²) < 4.78 is 22.6. The van der Waals surface area contributed by atoms with Gasteiger partial charge in [-0.05, 0) is 87.3 Å². The number of benzene rings is 2. The topological polar surface area (TPSA) is 83.4 Å². The molecule has 3 atom stereocenters. The smallest absolute Gasteiger partial charge is 0.336 e. The van der Waals surface area contributed by atoms with Gasteiger partial charge in [-0.25, -0.2) is 4.79 Å². The van der Waals surface area contributed by atoms with Gasteiger partial charge in [0, 0.05) is 23.7 Å². The van der Waals surface area contributed by atoms with Crippen LogP contribution < -0.4 is 14.2 Å². The summed E-state index contributed by atoms with van der Waals surface area (Å²) in [6.07, 6.45) is 4.82. The Morgan fingerprint density at radius 3 is 2.31 bits per heavy atom. The van der Waals surface area contributed by atoms with E-state index < -0.39 is 11.8 Å². The highest BCUT2D eigenvalue weighted by molar-refractivity contribution is 6.12. The molecule has 7 nitrogen and oxygen atoms in total. The van der Waals surface area contributed by atoms with Gasteiger partial charge in [-0.1, -0.05) is 18.2 Å². The SMILES string of the molecule is CCOc1ccc([C@H]2C(C(=O)OC3CCCC3)=C(C)N=C3C[C@@H](c4ccc(OC)cc4)CC(=O)C32)cc1OC. The maximum atomic E-state index is 13.9. The lowest BCUT2D eigenvalue weighted by Gasteiger charge is -2.38. The lowest BCUT2D eigenvalue weighted by molar-refractivity contribution is -0.144. The van der Waals surface area contributed by atoms with Crippen LogP contribution in [0.3, 0.4) is 0 Å². The summed E-state index contributed by atoms with van der Waals surface area (Å²) >= 11 is 0. The highest BCUT2D eigenvalue weighted by atomic mass is 16.5. The molecule has 0 radical (unpaired) electrons. The Kier molecular flexibility index (Phi) is 8.05. The summed E-state index contributed by atoms with van der Waals surface area (Å²) in [5, 5.41) is 0. The minimum atomic E-state index is -0.531. The molecule has 0 bridgehead atoms. The first kappa shape index (κ1) is 27.0. The summed E-state index contributed by atoms with van der Waals surface area (Å²) in [5.41, 5.74) is 3.81. The van der Waals surface area contributed by atoms with E-state index in [-0.39, 0.29) is 23.8 Å². The third kappa shape index (κ3) is 5.45. The van der Waals surface area contributed by atoms with Gasteiger partial charge in [0.25, 0.3) is 0 Å². The zero-order valence-corrected chi connectivity index (χ0v) is 23.2. The molecule has 7 heteroatoms. The minimum absolute atomic E-state index is 0.0220. The molecule has 39 heavy (non-hydrogen) atoms. The first-order chi connectivity index (χ1) is 18.9. The molecule has 2 aromatic rings. The van der Waals surface area contributed by atoms with Crippen molar-refractivity contribution in [1.82, 2.24) is 0 Å². The molecule has 2 aliphatic carbocycles. The van der Waals surface area contributed by atoms with Crippen LogP contribution in [-0.4, -0.2) is 44.4 Å². The summed E-state index contributed by atoms with van der Waals surface area (Å²) in [6, 6.07) is 13.5. The van der Waals surface area contributed by atoms with Crippen LogP contribution in [0.4, 0.5) is 0 Å². The van der Waals surface area contributed by atoms with Crippen LogP contribution in [0.5, 0.6) is 17.2 Å². The number of hydrogen-bond acceptors (Lipinski definition) is 7. The third-order valence-electron chi connectivity index (χ3n) is 8.18. The quantitative estimate of drug-likeness (QED) is 0.379. The number of fused-ring (bicyclic) bond motifs is 1. The van der Waals surface area contributed by atoms with E-state index >= 15 is 0 Å². The van der Waals surface area contributed by atoms with Crippen molar-refractivity contribution >= 4 is 17.5 Å². The number of esters is 1. The Balaban J connectivity index is 1.55. The predicted molar refractivity (Wildman–Crippen MR) is 149 cm³/mol. The molecule has 0 N–H and O–H groups in total. The van der Waals surface area contributed by atoms with E-state index in [0.29, 0.717) is 42.2 Å². The van der Waals surface area contributed by atoms with E-state index in [2.05, 4.69) is 0 Å². The maximum absolute atomic E-state index is 13.9. The first-order valence-electron chi connectivity index (χ1n) is 13.9. The molecule has 0 amide bonds. The minimum Gasteiger partial charge on any atom is -0.497 e. The van der Waals surface area contributed by atoms with Crippen molar-refractivity contribution < 1.29 is 28.5 Å². The standard InChI is InChI=1S/C32H37NO6/c1-5-38-27-15-12-21(18-28(27)37-4)30-29(32(35)39-24-8-6-7-9-24)19(2)33-25-16-22(17-26(34)31(25)30)20-10-13-23(36-3)14-11-20/h10-15,18,22,24,30-31H,5-9,16-17H2,1-4H3/t22-,30+,31?/m1/s1. The van der Waals surface area contributed by atoms with E-state index in [1.807, 2.05) is 56.3 Å². The van der Waals surface area contributed by atoms with Gasteiger partial charge in [-0.3, -0.25) is 9.79 Å². The van der Waals surface area contributed by atoms with Crippen molar-refractivity contribution in [2.24, 2.45) is 10.9 Å². The predicted octanol–water partition coefficient (Wildman–Crippen LogP) is 6.16. The van der Waals surface area contributed by atoms with Crippen molar-refractivity contribution in [2.45, 2.75) is 70.3 Å². The fourth-order valence-electron chi connectivity index (χ4n) is 6.29. The second-order valence-electron chi connectivity index (χ2n) is 10.6. The number of carbonyl (C=O) groups excluding carboxylic acids is 2. The monoisotopic (exact) mass is 531 g/mol. The first-order valence-corrected chi connectivity index (χ1v) is 13.9. The molecule has 2 fully saturated rings. The Morgan fingerprint density at radius 1 is 0.923 bits per heavy atom. The number of allylic oxidation sites excluding steroid dienone is 1. The van der Waals surface area contributed by atoms with Crippen LogP contribution in [0.15, 0.2) is 58.7 Å². The van der Waals surface area contributed by atoms with E-state index in [0.717, 1.165) is 48.3 Å². The number of ketones is 1. The molecule has 5 rings (SSSR count). The number of hydrogen-bond donors (Lipinski definition) is 0. The molecule has 1 aliphatic heterocycles. The van der Waals surface area contributed by atoms with Gasteiger partial charge >= 0.3 is 5.97 Å². The molecule has 206 valence electrons. The number of methoxy groups -OCH3 is 2. The molecule has 0 spiro atoms. The summed E-state index contributed by atoms with van der Waals surface area (Å²) in [6.45, 7) is 4.27. The van der Waals surface area contributed by atoms with Crippen LogP contribution >= 0.6 is 0 Å². The third-order valence-corrected chi connectivity index (χ3v) is 8.18. The van der Waals surface area contributed by atoms with Crippen molar-refractivity contribution in [2.75, 3.05) is 20.8 Å². The molecule has 2 saturated carbocycles. The van der Waals surface area contributed by atoms with Crippen molar-refractivity contribution in [1.29, 1.82) is 0 Å². The second-order valence-corrected chi connectivity index (χ2v) is 10.6. The number of ether oxygens (including phenoxy) is 4. The molecule has 0 aromatic heterocycles. The van der Waals surface area contributed by atoms with Crippen LogP contribution in [-0.2, 0) is 14.3 Å². The summed E-state index contributed by atoms with van der Waals surface area (Å²) in [4.78, 5) is 32.5. The van der Waals surface area contributed by atoms with Crippen molar-refractivity contribution in [3.63, 3.8) is 0 Å². The highest BCUT2D eigenvalue weighted by Crippen LogP contribution is 2.47. The van der Waals surface area contributed by atoms with Gasteiger partial charge in [0.1, 0.15) is 17.6 Å². The fourth-order valence-corrected chi connectivity index (χ4v) is 6.29. The van der Waals surface area contributed by atoms with Crippen molar-refractivity contribution in [3.05, 3.63) is 64.9 Å². The van der Waals surface area contributed by atoms with E-state index in [9.17, 15) is 9.59 Å². The van der Waals surface area contributed by atoms with Gasteiger partial charge in [-0.2, -0.15) is 0 Å². The van der Waals surface area contributed by atoms with Gasteiger partial charge in [0.05, 0.1) is 32.3 Å². The van der Waals surface area contributed by atoms with Crippen LogP contribution in [0.1, 0.15) is 75.3 Å². The Labute approximate surface area is 230 Å². The normalized spacial score (nSPS) is 23.2. The van der Waals surface area contributed by atoms with Crippen LogP contribution in [0, 0.1) is 5.92 Å². The lowest BCUT2D eigenvalue weighted by Crippen LogP contribution is -2.41. The van der Waals surface area contributed by atoms with Gasteiger partial charge in [-0.15, -0.1) is 0 Å². The second kappa shape index (κ2) is 11.6. The molecule has 1 unspecified atom stereocenters. The van der Waals surface area contributed by atoms with Crippen molar-refractivity contribution in [3.8, 4) is 17.2 Å². The van der Waals surface area contributed by atoms with E-state index in [1.165, 1.54) is 0 Å². The zero-order valence-electron chi connectivity index (χ0n) is 23.2. The Morgan fingerprint density at radius 2 is 1.64 bits per heavy atom. The molecular formula is C32H37NO6. The number of aliphatic imine (C=N–C) groups is 1. The number of carbonyl (C=O) groups is 2. The Bertz CT molecular complexity index is 1290. The number of rotatable bonds is 8. The van der Waals surface area contributed by atoms with Crippen LogP contribution in [0.2, 0.25) is 0 Å². The van der Waals surface area contributed by atoms with Gasteiger partial charge < -0.3 is 18.9 Å². The van der Waals surface area contributed by atoms with Crippen LogP contribution in [0.25, 0.3) is 0 Å². The van der Waals surface area contributed by atoms with Gasteiger partial charge in [0.2, 0.25) is 0 Å². The molecule has 1 heterocycles. The molecular weight excluding hydrogens is 494 g/mol. The zero-order chi connectivity index (χ0) is 27.5. The fraction of sp³-hybridized carbons (Fsp3) is 0.469. The average Bonchev–Trinajstić information content (AvgIpc) is 3.45. The average molecular weight is 532 g/mol. The van der Waals surface area contributed by atoms with E-state index in [1.54, 1.807) is 14.2 Å². The summed E-state index contributed by atoms with van der Waals surface area (Å²) in [5.74, 6) is 0.675. The largest absolute Gasteiger partial charge is 0.497 e. The van der Waals surface area contributed by atoms with E-state index in [4.69, 9.17) is 23.9 Å². The maximum Gasteiger partial charge on any atom is 0.336 e. The Hall–Kier alpha value is -3.61. The number of nitrogens with zero attached hydrogens (tertiary/aromatic N) is 1. The molecule has 3 aliphatic rings. The molecule has 2 aromatic carbocycles.